The lowest BCUT2D eigenvalue weighted by Gasteiger charge is -2.02. The molecule has 12 heavy (non-hydrogen) atoms. The van der Waals surface area contributed by atoms with Gasteiger partial charge in [-0.05, 0) is 19.1 Å². The molecule has 5 heteroatoms. The van der Waals surface area contributed by atoms with Gasteiger partial charge in [0, 0.05) is 13.1 Å². The maximum atomic E-state index is 4.96. The van der Waals surface area contributed by atoms with Crippen LogP contribution in [0.4, 0.5) is 0 Å². The minimum absolute atomic E-state index is 0.570. The molecule has 0 saturated heterocycles. The summed E-state index contributed by atoms with van der Waals surface area (Å²) in [7, 11) is 1.76. The predicted octanol–water partition coefficient (Wildman–Crippen LogP) is 0.577. The number of aromatic nitrogens is 1. The first-order chi connectivity index (χ1) is 5.72. The van der Waals surface area contributed by atoms with Crippen LogP contribution in [0, 0.1) is 6.92 Å². The van der Waals surface area contributed by atoms with Crippen LogP contribution in [-0.4, -0.2) is 17.3 Å². The fraction of sp³-hybridized carbons (Fsp3) is 0.429. The number of nitrogens with one attached hydrogen (secondary N) is 2. The van der Waals surface area contributed by atoms with Crippen LogP contribution in [0.5, 0.6) is 0 Å². The van der Waals surface area contributed by atoms with Gasteiger partial charge in [-0.2, -0.15) is 0 Å². The van der Waals surface area contributed by atoms with Crippen LogP contribution in [0.2, 0.25) is 0 Å². The summed E-state index contributed by atoms with van der Waals surface area (Å²) in [5, 5.41) is 10.1. The molecule has 0 saturated carbocycles. The Morgan fingerprint density at radius 1 is 1.75 bits per heavy atom. The van der Waals surface area contributed by atoms with Crippen molar-refractivity contribution in [3.63, 3.8) is 0 Å². The van der Waals surface area contributed by atoms with Crippen LogP contribution in [0.3, 0.4) is 0 Å². The summed E-state index contributed by atoms with van der Waals surface area (Å²) in [6.45, 7) is 2.45. The van der Waals surface area contributed by atoms with Gasteiger partial charge < -0.3 is 15.2 Å². The Hall–Kier alpha value is -1.10. The first kappa shape index (κ1) is 8.99. The first-order valence-electron chi connectivity index (χ1n) is 3.60. The summed E-state index contributed by atoms with van der Waals surface area (Å²) in [5.74, 6) is 0.783. The van der Waals surface area contributed by atoms with E-state index in [1.807, 2.05) is 13.0 Å². The SMILES string of the molecule is CNC(=S)NCc1cc(C)no1. The molecule has 0 amide bonds. The molecule has 1 aromatic heterocycles. The molecular formula is C7H11N3OS. The molecular weight excluding hydrogens is 174 g/mol. The van der Waals surface area contributed by atoms with Gasteiger partial charge in [-0.3, -0.25) is 0 Å². The second-order valence-corrected chi connectivity index (χ2v) is 2.78. The Balaban J connectivity index is 2.38. The van der Waals surface area contributed by atoms with Gasteiger partial charge in [0.05, 0.1) is 12.2 Å². The molecule has 0 radical (unpaired) electrons. The highest BCUT2D eigenvalue weighted by molar-refractivity contribution is 7.80. The molecule has 0 aliphatic heterocycles. The molecule has 4 nitrogen and oxygen atoms in total. The Morgan fingerprint density at radius 2 is 2.50 bits per heavy atom. The van der Waals surface area contributed by atoms with Gasteiger partial charge in [0.2, 0.25) is 0 Å². The highest BCUT2D eigenvalue weighted by Crippen LogP contribution is 2.00. The maximum absolute atomic E-state index is 4.96. The fourth-order valence-electron chi connectivity index (χ4n) is 0.755. The Kier molecular flexibility index (Phi) is 3.04. The van der Waals surface area contributed by atoms with Gasteiger partial charge in [0.15, 0.2) is 10.9 Å². The van der Waals surface area contributed by atoms with Gasteiger partial charge in [-0.25, -0.2) is 0 Å². The van der Waals surface area contributed by atoms with E-state index in [0.29, 0.717) is 11.7 Å². The summed E-state index contributed by atoms with van der Waals surface area (Å²) in [6, 6.07) is 1.87. The van der Waals surface area contributed by atoms with E-state index in [0.717, 1.165) is 11.5 Å². The fourth-order valence-corrected chi connectivity index (χ4v) is 0.828. The van der Waals surface area contributed by atoms with Crippen molar-refractivity contribution >= 4 is 17.3 Å². The molecule has 66 valence electrons. The third-order valence-corrected chi connectivity index (χ3v) is 1.68. The van der Waals surface area contributed by atoms with Crippen molar-refractivity contribution in [3.05, 3.63) is 17.5 Å². The molecule has 0 spiro atoms. The highest BCUT2D eigenvalue weighted by Gasteiger charge is 1.99. The predicted molar refractivity (Wildman–Crippen MR) is 49.7 cm³/mol. The minimum Gasteiger partial charge on any atom is -0.366 e. The zero-order valence-corrected chi connectivity index (χ0v) is 7.86. The van der Waals surface area contributed by atoms with E-state index in [4.69, 9.17) is 16.7 Å². The zero-order chi connectivity index (χ0) is 8.97. The average Bonchev–Trinajstić information content (AvgIpc) is 2.47. The van der Waals surface area contributed by atoms with Crippen LogP contribution >= 0.6 is 12.2 Å². The van der Waals surface area contributed by atoms with Crippen LogP contribution < -0.4 is 10.6 Å². The number of hydrogen-bond acceptors (Lipinski definition) is 3. The number of hydrogen-bond donors (Lipinski definition) is 2. The van der Waals surface area contributed by atoms with E-state index in [-0.39, 0.29) is 0 Å². The Labute approximate surface area is 76.3 Å². The van der Waals surface area contributed by atoms with Crippen LogP contribution in [0.1, 0.15) is 11.5 Å². The third-order valence-electron chi connectivity index (χ3n) is 1.33. The number of nitrogens with zero attached hydrogens (tertiary/aromatic N) is 1. The molecule has 1 heterocycles. The number of rotatable bonds is 2. The molecule has 0 aliphatic rings. The lowest BCUT2D eigenvalue weighted by atomic mass is 10.4. The Morgan fingerprint density at radius 3 is 3.00 bits per heavy atom. The lowest BCUT2D eigenvalue weighted by molar-refractivity contribution is 0.377. The quantitative estimate of drug-likeness (QED) is 0.660. The largest absolute Gasteiger partial charge is 0.366 e. The molecule has 0 aromatic carbocycles. The van der Waals surface area contributed by atoms with Crippen LogP contribution in [0.15, 0.2) is 10.6 Å². The first-order valence-corrected chi connectivity index (χ1v) is 4.01. The molecule has 2 N–H and O–H groups in total. The number of thiocarbonyl (C=S) groups is 1. The van der Waals surface area contributed by atoms with Crippen molar-refractivity contribution < 1.29 is 4.52 Å². The second kappa shape index (κ2) is 4.06. The van der Waals surface area contributed by atoms with E-state index in [1.165, 1.54) is 0 Å². The lowest BCUT2D eigenvalue weighted by Crippen LogP contribution is -2.31. The van der Waals surface area contributed by atoms with Gasteiger partial charge in [0.25, 0.3) is 0 Å². The summed E-state index contributed by atoms with van der Waals surface area (Å²) in [5.41, 5.74) is 0.877. The van der Waals surface area contributed by atoms with Crippen molar-refractivity contribution in [2.75, 3.05) is 7.05 Å². The smallest absolute Gasteiger partial charge is 0.166 e. The molecule has 1 aromatic rings. The topological polar surface area (TPSA) is 50.1 Å². The van der Waals surface area contributed by atoms with E-state index in [1.54, 1.807) is 7.05 Å². The number of aryl methyl sites for hydroxylation is 1. The van der Waals surface area contributed by atoms with Crippen molar-refractivity contribution in [2.45, 2.75) is 13.5 Å². The average molecular weight is 185 g/mol. The zero-order valence-electron chi connectivity index (χ0n) is 7.05. The Bertz CT molecular complexity index is 271. The van der Waals surface area contributed by atoms with Gasteiger partial charge in [0.1, 0.15) is 0 Å². The van der Waals surface area contributed by atoms with Crippen LogP contribution in [0.25, 0.3) is 0 Å². The minimum atomic E-state index is 0.570. The molecule has 0 unspecified atom stereocenters. The maximum Gasteiger partial charge on any atom is 0.166 e. The van der Waals surface area contributed by atoms with E-state index in [2.05, 4.69) is 15.8 Å². The highest BCUT2D eigenvalue weighted by atomic mass is 32.1. The van der Waals surface area contributed by atoms with E-state index >= 15 is 0 Å². The molecule has 0 atom stereocenters. The van der Waals surface area contributed by atoms with Crippen molar-refractivity contribution in [3.8, 4) is 0 Å². The molecule has 0 fully saturated rings. The summed E-state index contributed by atoms with van der Waals surface area (Å²) in [4.78, 5) is 0. The van der Waals surface area contributed by atoms with E-state index in [9.17, 15) is 0 Å². The molecule has 1 rings (SSSR count). The van der Waals surface area contributed by atoms with Gasteiger partial charge >= 0.3 is 0 Å². The van der Waals surface area contributed by atoms with Gasteiger partial charge in [-0.1, -0.05) is 5.16 Å². The van der Waals surface area contributed by atoms with Crippen molar-refractivity contribution in [1.29, 1.82) is 0 Å². The summed E-state index contributed by atoms with van der Waals surface area (Å²) < 4.78 is 4.96. The van der Waals surface area contributed by atoms with Crippen LogP contribution in [-0.2, 0) is 6.54 Å². The summed E-state index contributed by atoms with van der Waals surface area (Å²) in [6.07, 6.45) is 0. The van der Waals surface area contributed by atoms with Crippen molar-refractivity contribution in [1.82, 2.24) is 15.8 Å². The van der Waals surface area contributed by atoms with Crippen molar-refractivity contribution in [2.24, 2.45) is 0 Å². The second-order valence-electron chi connectivity index (χ2n) is 2.37. The molecule has 0 aliphatic carbocycles. The monoisotopic (exact) mass is 185 g/mol. The standard InChI is InChI=1S/C7H11N3OS/c1-5-3-6(11-10-5)4-9-7(12)8-2/h3H,4H2,1-2H3,(H2,8,9,12). The molecule has 0 bridgehead atoms. The van der Waals surface area contributed by atoms with Gasteiger partial charge in [-0.15, -0.1) is 0 Å². The van der Waals surface area contributed by atoms with E-state index < -0.39 is 0 Å². The normalized spacial score (nSPS) is 9.50. The third kappa shape index (κ3) is 2.50. The summed E-state index contributed by atoms with van der Waals surface area (Å²) >= 11 is 4.88.